The van der Waals surface area contributed by atoms with Gasteiger partial charge in [-0.15, -0.1) is 0 Å². The lowest BCUT2D eigenvalue weighted by Gasteiger charge is -2.29. The van der Waals surface area contributed by atoms with Crippen LogP contribution in [0.15, 0.2) is 12.3 Å². The molecule has 2 rings (SSSR count). The van der Waals surface area contributed by atoms with Gasteiger partial charge in [0.25, 0.3) is 0 Å². The molecule has 0 radical (unpaired) electrons. The lowest BCUT2D eigenvalue weighted by molar-refractivity contribution is -0.137. The summed E-state index contributed by atoms with van der Waals surface area (Å²) in [5, 5.41) is 2.39. The molecule has 4 nitrogen and oxygen atoms in total. The molecule has 0 spiro atoms. The third-order valence-electron chi connectivity index (χ3n) is 3.74. The van der Waals surface area contributed by atoms with Crippen LogP contribution in [0.5, 0.6) is 0 Å². The predicted octanol–water partition coefficient (Wildman–Crippen LogP) is 3.52. The zero-order valence-corrected chi connectivity index (χ0v) is 13.4. The average Bonchev–Trinajstić information content (AvgIpc) is 2.39. The summed E-state index contributed by atoms with van der Waals surface area (Å²) in [5.74, 6) is 0.147. The minimum absolute atomic E-state index is 0.128. The van der Waals surface area contributed by atoms with Crippen molar-refractivity contribution < 1.29 is 21.6 Å². The van der Waals surface area contributed by atoms with Crippen LogP contribution in [0.1, 0.15) is 31.2 Å². The van der Waals surface area contributed by atoms with Crippen molar-refractivity contribution in [1.82, 2.24) is 4.98 Å². The number of halogens is 4. The molecule has 124 valence electrons. The summed E-state index contributed by atoms with van der Waals surface area (Å²) >= 11 is 5.84. The van der Waals surface area contributed by atoms with Crippen LogP contribution in [-0.4, -0.2) is 30.9 Å². The summed E-state index contributed by atoms with van der Waals surface area (Å²) in [6, 6.07) is 0.642. The Kier molecular flexibility index (Phi) is 4.91. The maximum absolute atomic E-state index is 12.6. The number of alkyl halides is 3. The summed E-state index contributed by atoms with van der Waals surface area (Å²) in [6.45, 7) is 0. The highest BCUT2D eigenvalue weighted by Crippen LogP contribution is 2.33. The zero-order chi connectivity index (χ0) is 16.5. The number of nitrogens with one attached hydrogen (secondary N) is 1. The monoisotopic (exact) mass is 356 g/mol. The summed E-state index contributed by atoms with van der Waals surface area (Å²) in [6.07, 6.45) is -0.127. The van der Waals surface area contributed by atoms with Crippen molar-refractivity contribution >= 4 is 27.3 Å². The number of aromatic nitrogens is 1. The molecule has 0 amide bonds. The molecule has 2 unspecified atom stereocenters. The average molecular weight is 357 g/mol. The van der Waals surface area contributed by atoms with Crippen molar-refractivity contribution in [2.75, 3.05) is 11.6 Å². The first-order valence-corrected chi connectivity index (χ1v) is 9.09. The van der Waals surface area contributed by atoms with E-state index in [0.717, 1.165) is 18.9 Å². The lowest BCUT2D eigenvalue weighted by Crippen LogP contribution is -2.34. The maximum Gasteiger partial charge on any atom is 0.417 e. The molecular weight excluding hydrogens is 341 g/mol. The molecule has 1 aromatic rings. The molecular formula is C13H16ClF3N2O2S. The van der Waals surface area contributed by atoms with E-state index in [-0.39, 0.29) is 16.9 Å². The number of rotatable bonds is 3. The number of nitrogens with zero attached hydrogens (tertiary/aromatic N) is 1. The number of anilines is 1. The van der Waals surface area contributed by atoms with Crippen LogP contribution >= 0.6 is 11.6 Å². The Balaban J connectivity index is 2.11. The number of hydrogen-bond acceptors (Lipinski definition) is 4. The Hall–Kier alpha value is -1.02. The summed E-state index contributed by atoms with van der Waals surface area (Å²) in [5.41, 5.74) is -0.916. The molecule has 1 aliphatic rings. The Bertz CT molecular complexity index is 649. The smallest absolute Gasteiger partial charge is 0.366 e. The van der Waals surface area contributed by atoms with Crippen molar-refractivity contribution in [2.45, 2.75) is 43.2 Å². The molecule has 9 heteroatoms. The summed E-state index contributed by atoms with van der Waals surface area (Å²) < 4.78 is 60.9. The van der Waals surface area contributed by atoms with Crippen LogP contribution < -0.4 is 5.32 Å². The van der Waals surface area contributed by atoms with E-state index in [1.54, 1.807) is 0 Å². The molecule has 0 saturated heterocycles. The minimum atomic E-state index is -4.50. The fourth-order valence-electron chi connectivity index (χ4n) is 2.56. The second-order valence-electron chi connectivity index (χ2n) is 5.51. The predicted molar refractivity (Wildman–Crippen MR) is 78.8 cm³/mol. The van der Waals surface area contributed by atoms with Gasteiger partial charge in [-0.1, -0.05) is 18.0 Å². The summed E-state index contributed by atoms with van der Waals surface area (Å²) in [4.78, 5) is 3.71. The van der Waals surface area contributed by atoms with E-state index in [1.165, 1.54) is 6.26 Å². The first-order valence-electron chi connectivity index (χ1n) is 6.75. The van der Waals surface area contributed by atoms with Gasteiger partial charge in [0.05, 0.1) is 15.8 Å². The quantitative estimate of drug-likeness (QED) is 0.900. The van der Waals surface area contributed by atoms with Gasteiger partial charge in [-0.2, -0.15) is 13.2 Å². The Morgan fingerprint density at radius 1 is 1.36 bits per heavy atom. The van der Waals surface area contributed by atoms with Crippen LogP contribution in [-0.2, 0) is 16.0 Å². The topological polar surface area (TPSA) is 59.1 Å². The van der Waals surface area contributed by atoms with E-state index >= 15 is 0 Å². The fourth-order valence-corrected chi connectivity index (χ4v) is 3.96. The van der Waals surface area contributed by atoms with Crippen molar-refractivity contribution in [3.63, 3.8) is 0 Å². The number of pyridine rings is 1. The molecule has 1 heterocycles. The van der Waals surface area contributed by atoms with Gasteiger partial charge in [-0.25, -0.2) is 13.4 Å². The first-order chi connectivity index (χ1) is 10.1. The van der Waals surface area contributed by atoms with Crippen molar-refractivity contribution in [3.8, 4) is 0 Å². The van der Waals surface area contributed by atoms with E-state index in [2.05, 4.69) is 10.3 Å². The van der Waals surface area contributed by atoms with Gasteiger partial charge in [0.15, 0.2) is 0 Å². The Morgan fingerprint density at radius 3 is 2.59 bits per heavy atom. The highest BCUT2D eigenvalue weighted by molar-refractivity contribution is 7.91. The van der Waals surface area contributed by atoms with E-state index < -0.39 is 26.8 Å². The van der Waals surface area contributed by atoms with Gasteiger partial charge in [0, 0.05) is 18.5 Å². The molecule has 1 fully saturated rings. The highest BCUT2D eigenvalue weighted by atomic mass is 35.5. The van der Waals surface area contributed by atoms with E-state index in [9.17, 15) is 21.6 Å². The van der Waals surface area contributed by atoms with Gasteiger partial charge in [-0.3, -0.25) is 0 Å². The normalized spacial score (nSPS) is 23.3. The van der Waals surface area contributed by atoms with Gasteiger partial charge in [-0.05, 0) is 25.3 Å². The van der Waals surface area contributed by atoms with Crippen molar-refractivity contribution in [2.24, 2.45) is 0 Å². The van der Waals surface area contributed by atoms with E-state index in [4.69, 9.17) is 11.6 Å². The standard InChI is InChI=1S/C13H16ClF3N2O2S/c1-22(20,21)10-4-2-3-9(6-10)19-12-11(14)5-8(7-18-12)13(15,16)17/h5,7,9-10H,2-4,6H2,1H3,(H,18,19). The van der Waals surface area contributed by atoms with Gasteiger partial charge >= 0.3 is 6.18 Å². The fraction of sp³-hybridized carbons (Fsp3) is 0.615. The molecule has 1 saturated carbocycles. The van der Waals surface area contributed by atoms with Crippen molar-refractivity contribution in [1.29, 1.82) is 0 Å². The second kappa shape index (κ2) is 6.23. The van der Waals surface area contributed by atoms with Crippen LogP contribution in [0, 0.1) is 0 Å². The largest absolute Gasteiger partial charge is 0.417 e. The van der Waals surface area contributed by atoms with Crippen LogP contribution in [0.2, 0.25) is 5.02 Å². The molecule has 1 aliphatic carbocycles. The number of hydrogen-bond donors (Lipinski definition) is 1. The van der Waals surface area contributed by atoms with Crippen LogP contribution in [0.4, 0.5) is 19.0 Å². The maximum atomic E-state index is 12.6. The van der Waals surface area contributed by atoms with Crippen LogP contribution in [0.3, 0.4) is 0 Å². The minimum Gasteiger partial charge on any atom is -0.366 e. The number of sulfone groups is 1. The SMILES string of the molecule is CS(=O)(=O)C1CCCC(Nc2ncc(C(F)(F)F)cc2Cl)C1. The molecule has 1 aromatic heterocycles. The van der Waals surface area contributed by atoms with Crippen molar-refractivity contribution in [3.05, 3.63) is 22.8 Å². The zero-order valence-electron chi connectivity index (χ0n) is 11.8. The van der Waals surface area contributed by atoms with Gasteiger partial charge in [0.2, 0.25) is 0 Å². The first kappa shape index (κ1) is 17.3. The second-order valence-corrected chi connectivity index (χ2v) is 8.24. The highest BCUT2D eigenvalue weighted by Gasteiger charge is 2.32. The third-order valence-corrected chi connectivity index (χ3v) is 5.67. The Morgan fingerprint density at radius 2 is 2.05 bits per heavy atom. The molecule has 1 N–H and O–H groups in total. The Labute approximate surface area is 132 Å². The van der Waals surface area contributed by atoms with E-state index in [0.29, 0.717) is 19.0 Å². The summed E-state index contributed by atoms with van der Waals surface area (Å²) in [7, 11) is -3.13. The lowest BCUT2D eigenvalue weighted by atomic mass is 9.95. The third kappa shape index (κ3) is 4.25. The van der Waals surface area contributed by atoms with Gasteiger partial charge in [0.1, 0.15) is 15.7 Å². The van der Waals surface area contributed by atoms with E-state index in [1.807, 2.05) is 0 Å². The van der Waals surface area contributed by atoms with Crippen LogP contribution in [0.25, 0.3) is 0 Å². The molecule has 0 bridgehead atoms. The molecule has 2 atom stereocenters. The molecule has 0 aliphatic heterocycles. The molecule has 22 heavy (non-hydrogen) atoms. The van der Waals surface area contributed by atoms with Gasteiger partial charge < -0.3 is 5.32 Å². The molecule has 0 aromatic carbocycles.